The average molecular weight is 198 g/mol. The van der Waals surface area contributed by atoms with Gasteiger partial charge in [-0.1, -0.05) is 66.7 Å². The number of hydrogen-bond acceptors (Lipinski definition) is 0. The first-order chi connectivity index (χ1) is 6.60. The van der Waals surface area contributed by atoms with E-state index in [2.05, 4.69) is 34.6 Å². The van der Waals surface area contributed by atoms with Gasteiger partial charge in [-0.3, -0.25) is 0 Å². The van der Waals surface area contributed by atoms with Gasteiger partial charge in [0.05, 0.1) is 0 Å². The molecule has 1 unspecified atom stereocenters. The molecule has 1 atom stereocenters. The molecule has 0 saturated heterocycles. The van der Waals surface area contributed by atoms with E-state index in [0.29, 0.717) is 0 Å². The van der Waals surface area contributed by atoms with Gasteiger partial charge in [0.25, 0.3) is 0 Å². The minimum atomic E-state index is 0.885. The molecule has 0 aliphatic carbocycles. The van der Waals surface area contributed by atoms with Crippen LogP contribution in [0, 0.1) is 17.8 Å². The van der Waals surface area contributed by atoms with E-state index in [1.807, 2.05) is 0 Å². The highest BCUT2D eigenvalue weighted by Crippen LogP contribution is 2.23. The van der Waals surface area contributed by atoms with E-state index in [0.717, 1.165) is 17.8 Å². The monoisotopic (exact) mass is 198 g/mol. The lowest BCUT2D eigenvalue weighted by atomic mass is 9.88. The van der Waals surface area contributed by atoms with Crippen molar-refractivity contribution in [3.63, 3.8) is 0 Å². The average Bonchev–Trinajstić information content (AvgIpc) is 2.13. The summed E-state index contributed by atoms with van der Waals surface area (Å²) in [5.74, 6) is 2.80. The van der Waals surface area contributed by atoms with Crippen LogP contribution in [0.5, 0.6) is 0 Å². The molecule has 0 nitrogen and oxygen atoms in total. The van der Waals surface area contributed by atoms with Crippen LogP contribution < -0.4 is 0 Å². The molecule has 0 aliphatic rings. The zero-order valence-corrected chi connectivity index (χ0v) is 11.0. The molecule has 0 amide bonds. The first-order valence-electron chi connectivity index (χ1n) is 6.60. The normalized spacial score (nSPS) is 13.9. The van der Waals surface area contributed by atoms with Crippen LogP contribution in [-0.2, 0) is 0 Å². The molecule has 0 heterocycles. The van der Waals surface area contributed by atoms with Crippen molar-refractivity contribution in [3.8, 4) is 0 Å². The number of rotatable bonds is 8. The summed E-state index contributed by atoms with van der Waals surface area (Å²) in [4.78, 5) is 0. The van der Waals surface area contributed by atoms with Gasteiger partial charge in [0, 0.05) is 0 Å². The van der Waals surface area contributed by atoms with Gasteiger partial charge in [0.15, 0.2) is 0 Å². The summed E-state index contributed by atoms with van der Waals surface area (Å²) in [6.07, 6.45) is 8.46. The molecule has 0 heteroatoms. The van der Waals surface area contributed by atoms with Gasteiger partial charge >= 0.3 is 0 Å². The molecule has 0 fully saturated rings. The first-order valence-corrected chi connectivity index (χ1v) is 6.60. The molecule has 0 bridgehead atoms. The highest BCUT2D eigenvalue weighted by Gasteiger charge is 2.09. The summed E-state index contributed by atoms with van der Waals surface area (Å²) in [7, 11) is 0. The van der Waals surface area contributed by atoms with Crippen LogP contribution in [0.2, 0.25) is 0 Å². The van der Waals surface area contributed by atoms with E-state index in [-0.39, 0.29) is 0 Å². The molecule has 86 valence electrons. The minimum Gasteiger partial charge on any atom is -0.0651 e. The van der Waals surface area contributed by atoms with Crippen LogP contribution in [0.1, 0.15) is 73.1 Å². The van der Waals surface area contributed by atoms with Crippen molar-refractivity contribution in [1.29, 1.82) is 0 Å². The zero-order chi connectivity index (χ0) is 11.0. The third-order valence-corrected chi connectivity index (χ3v) is 3.37. The third-order valence-electron chi connectivity index (χ3n) is 3.37. The molecular formula is C14H30. The smallest absolute Gasteiger partial charge is 0.0417 e. The van der Waals surface area contributed by atoms with Gasteiger partial charge in [-0.2, -0.15) is 0 Å². The van der Waals surface area contributed by atoms with Crippen molar-refractivity contribution >= 4 is 0 Å². The Hall–Kier alpha value is 0. The highest BCUT2D eigenvalue weighted by molar-refractivity contribution is 4.61. The topological polar surface area (TPSA) is 0 Å². The van der Waals surface area contributed by atoms with Gasteiger partial charge in [0.2, 0.25) is 0 Å². The lowest BCUT2D eigenvalue weighted by Gasteiger charge is -2.18. The van der Waals surface area contributed by atoms with Gasteiger partial charge < -0.3 is 0 Å². The molecule has 0 aromatic heterocycles. The molecule has 14 heavy (non-hydrogen) atoms. The van der Waals surface area contributed by atoms with E-state index in [4.69, 9.17) is 0 Å². The van der Waals surface area contributed by atoms with Crippen molar-refractivity contribution < 1.29 is 0 Å². The predicted octanol–water partition coefficient (Wildman–Crippen LogP) is 5.28. The van der Waals surface area contributed by atoms with E-state index >= 15 is 0 Å². The van der Waals surface area contributed by atoms with Crippen LogP contribution >= 0.6 is 0 Å². The van der Waals surface area contributed by atoms with Gasteiger partial charge in [-0.25, -0.2) is 0 Å². The molecule has 0 radical (unpaired) electrons. The van der Waals surface area contributed by atoms with E-state index in [1.165, 1.54) is 38.5 Å². The SMILES string of the molecule is CCC(CC)CC(C)CCCC(C)C. The fraction of sp³-hybridized carbons (Fsp3) is 1.00. The standard InChI is InChI=1S/C14H30/c1-6-14(7-2)11-13(5)10-8-9-12(3)4/h12-14H,6-11H2,1-5H3. The lowest BCUT2D eigenvalue weighted by Crippen LogP contribution is -2.05. The van der Waals surface area contributed by atoms with Crippen LogP contribution in [0.4, 0.5) is 0 Å². The summed E-state index contributed by atoms with van der Waals surface area (Å²) in [6, 6.07) is 0. The predicted molar refractivity (Wildman–Crippen MR) is 66.5 cm³/mol. The fourth-order valence-electron chi connectivity index (χ4n) is 2.18. The Morgan fingerprint density at radius 1 is 0.857 bits per heavy atom. The van der Waals surface area contributed by atoms with Gasteiger partial charge in [-0.15, -0.1) is 0 Å². The van der Waals surface area contributed by atoms with E-state index in [1.54, 1.807) is 0 Å². The lowest BCUT2D eigenvalue weighted by molar-refractivity contribution is 0.343. The summed E-state index contributed by atoms with van der Waals surface area (Å²) >= 11 is 0. The van der Waals surface area contributed by atoms with Crippen molar-refractivity contribution in [3.05, 3.63) is 0 Å². The third kappa shape index (κ3) is 7.41. The summed E-state index contributed by atoms with van der Waals surface area (Å²) in [5, 5.41) is 0. The molecule has 0 saturated carbocycles. The fourth-order valence-corrected chi connectivity index (χ4v) is 2.18. The van der Waals surface area contributed by atoms with Crippen LogP contribution in [0.15, 0.2) is 0 Å². The minimum absolute atomic E-state index is 0.885. The molecule has 0 N–H and O–H groups in total. The Kier molecular flexibility index (Phi) is 8.32. The quantitative estimate of drug-likeness (QED) is 0.498. The second-order valence-electron chi connectivity index (χ2n) is 5.35. The summed E-state index contributed by atoms with van der Waals surface area (Å²) in [6.45, 7) is 11.7. The Balaban J connectivity index is 3.48. The largest absolute Gasteiger partial charge is 0.0651 e. The van der Waals surface area contributed by atoms with Crippen molar-refractivity contribution in [2.24, 2.45) is 17.8 Å². The van der Waals surface area contributed by atoms with E-state index < -0.39 is 0 Å². The van der Waals surface area contributed by atoms with E-state index in [9.17, 15) is 0 Å². The maximum Gasteiger partial charge on any atom is -0.0417 e. The van der Waals surface area contributed by atoms with Crippen LogP contribution in [0.25, 0.3) is 0 Å². The second-order valence-corrected chi connectivity index (χ2v) is 5.35. The molecule has 0 rings (SSSR count). The Bertz CT molecular complexity index is 111. The first kappa shape index (κ1) is 14.0. The Morgan fingerprint density at radius 2 is 1.43 bits per heavy atom. The second kappa shape index (κ2) is 8.32. The maximum atomic E-state index is 2.43. The molecular weight excluding hydrogens is 168 g/mol. The molecule has 0 aromatic carbocycles. The number of hydrogen-bond donors (Lipinski definition) is 0. The zero-order valence-electron chi connectivity index (χ0n) is 11.0. The van der Waals surface area contributed by atoms with Crippen molar-refractivity contribution in [2.45, 2.75) is 73.1 Å². The van der Waals surface area contributed by atoms with Crippen molar-refractivity contribution in [2.75, 3.05) is 0 Å². The van der Waals surface area contributed by atoms with Crippen molar-refractivity contribution in [1.82, 2.24) is 0 Å². The molecule has 0 aliphatic heterocycles. The maximum absolute atomic E-state index is 2.43. The van der Waals surface area contributed by atoms with Gasteiger partial charge in [0.1, 0.15) is 0 Å². The van der Waals surface area contributed by atoms with Crippen LogP contribution in [-0.4, -0.2) is 0 Å². The van der Waals surface area contributed by atoms with Gasteiger partial charge in [-0.05, 0) is 24.2 Å². The highest BCUT2D eigenvalue weighted by atomic mass is 14.2. The summed E-state index contributed by atoms with van der Waals surface area (Å²) < 4.78 is 0. The molecule has 0 spiro atoms. The summed E-state index contributed by atoms with van der Waals surface area (Å²) in [5.41, 5.74) is 0. The van der Waals surface area contributed by atoms with Crippen LogP contribution in [0.3, 0.4) is 0 Å². The Labute approximate surface area is 91.5 Å². The Morgan fingerprint density at radius 3 is 1.86 bits per heavy atom. The molecule has 0 aromatic rings.